The molecule has 2 atom stereocenters. The van der Waals surface area contributed by atoms with Crippen molar-refractivity contribution in [2.45, 2.75) is 51.4 Å². The molecule has 0 saturated carbocycles. The Labute approximate surface area is 111 Å². The van der Waals surface area contributed by atoms with E-state index in [-0.39, 0.29) is 13.0 Å². The van der Waals surface area contributed by atoms with E-state index in [1.54, 1.807) is 6.92 Å². The molecule has 7 heteroatoms. The molecule has 0 aromatic rings. The van der Waals surface area contributed by atoms with Gasteiger partial charge in [0, 0.05) is 6.61 Å². The third-order valence-electron chi connectivity index (χ3n) is 2.83. The summed E-state index contributed by atoms with van der Waals surface area (Å²) in [7, 11) is 1.24. The number of hydrogen-bond acceptors (Lipinski definition) is 4. The van der Waals surface area contributed by atoms with Gasteiger partial charge in [-0.15, -0.1) is 0 Å². The largest absolute Gasteiger partial charge is 0.468 e. The van der Waals surface area contributed by atoms with Gasteiger partial charge in [0.25, 0.3) is 0 Å². The predicted molar refractivity (Wildman–Crippen MR) is 64.8 cm³/mol. The molecule has 0 aromatic carbocycles. The second-order valence-electron chi connectivity index (χ2n) is 4.56. The van der Waals surface area contributed by atoms with Crippen LogP contribution in [-0.4, -0.2) is 44.0 Å². The molecule has 0 radical (unpaired) electrons. The molecule has 0 amide bonds. The highest BCUT2D eigenvalue weighted by molar-refractivity contribution is 5.80. The molecule has 0 bridgehead atoms. The van der Waals surface area contributed by atoms with E-state index < -0.39 is 23.8 Å². The number of nitrogens with one attached hydrogen (secondary N) is 1. The number of carbonyl (C=O) groups excluding carboxylic acids is 1. The van der Waals surface area contributed by atoms with Crippen molar-refractivity contribution in [3.8, 4) is 0 Å². The van der Waals surface area contributed by atoms with Gasteiger partial charge >= 0.3 is 12.1 Å². The van der Waals surface area contributed by atoms with Gasteiger partial charge in [-0.1, -0.05) is 6.92 Å². The second-order valence-corrected chi connectivity index (χ2v) is 4.56. The van der Waals surface area contributed by atoms with Crippen LogP contribution in [-0.2, 0) is 14.3 Å². The number of methoxy groups -OCH3 is 1. The Kier molecular flexibility index (Phi) is 7.36. The summed E-state index contributed by atoms with van der Waals surface area (Å²) in [5.41, 5.74) is -1.03. The number of halogens is 3. The maximum Gasteiger partial charge on any atom is 0.414 e. The minimum absolute atomic E-state index is 0.111. The predicted octanol–water partition coefficient (Wildman–Crippen LogP) is 2.28. The molecule has 0 rings (SSSR count). The molecular formula is C12H22F3NO3. The van der Waals surface area contributed by atoms with Crippen LogP contribution in [0.25, 0.3) is 0 Å². The van der Waals surface area contributed by atoms with Crippen LogP contribution in [0.2, 0.25) is 0 Å². The Bertz CT molecular complexity index is 284. The molecule has 2 unspecified atom stereocenters. The minimum atomic E-state index is -4.39. The van der Waals surface area contributed by atoms with Crippen molar-refractivity contribution in [1.82, 2.24) is 5.32 Å². The summed E-state index contributed by atoms with van der Waals surface area (Å²) in [4.78, 5) is 11.6. The van der Waals surface area contributed by atoms with Gasteiger partial charge in [0.1, 0.15) is 5.54 Å². The van der Waals surface area contributed by atoms with Crippen LogP contribution in [0.3, 0.4) is 0 Å². The van der Waals surface area contributed by atoms with E-state index in [9.17, 15) is 18.0 Å². The average Bonchev–Trinajstić information content (AvgIpc) is 2.34. The molecule has 19 heavy (non-hydrogen) atoms. The van der Waals surface area contributed by atoms with Crippen LogP contribution in [0.15, 0.2) is 0 Å². The standard InChI is InChI=1S/C12H22F3NO3/c1-5-7-16-11(3,10(17)18-4)6-8-19-9(2)12(13,14)15/h9,16H,5-8H2,1-4H3. The van der Waals surface area contributed by atoms with Gasteiger partial charge in [-0.25, -0.2) is 0 Å². The third kappa shape index (κ3) is 6.24. The first-order valence-corrected chi connectivity index (χ1v) is 6.19. The first kappa shape index (κ1) is 18.2. The molecule has 0 aliphatic rings. The van der Waals surface area contributed by atoms with Crippen LogP contribution in [0.1, 0.15) is 33.6 Å². The molecule has 0 aliphatic heterocycles. The Morgan fingerprint density at radius 3 is 2.37 bits per heavy atom. The van der Waals surface area contributed by atoms with E-state index in [1.807, 2.05) is 6.92 Å². The fraction of sp³-hybridized carbons (Fsp3) is 0.917. The molecule has 1 N–H and O–H groups in total. The molecule has 0 saturated heterocycles. The lowest BCUT2D eigenvalue weighted by Crippen LogP contribution is -2.51. The number of hydrogen-bond donors (Lipinski definition) is 1. The summed E-state index contributed by atoms with van der Waals surface area (Å²) in [6, 6.07) is 0. The highest BCUT2D eigenvalue weighted by Gasteiger charge is 2.38. The van der Waals surface area contributed by atoms with Gasteiger partial charge < -0.3 is 14.8 Å². The number of ether oxygens (including phenoxy) is 2. The minimum Gasteiger partial charge on any atom is -0.468 e. The van der Waals surface area contributed by atoms with Crippen LogP contribution in [0, 0.1) is 0 Å². The number of esters is 1. The van der Waals surface area contributed by atoms with Crippen molar-refractivity contribution in [2.24, 2.45) is 0 Å². The molecule has 4 nitrogen and oxygen atoms in total. The van der Waals surface area contributed by atoms with Crippen molar-refractivity contribution >= 4 is 5.97 Å². The van der Waals surface area contributed by atoms with Crippen molar-refractivity contribution in [1.29, 1.82) is 0 Å². The topological polar surface area (TPSA) is 47.6 Å². The summed E-state index contributed by atoms with van der Waals surface area (Å²) in [5.74, 6) is -0.510. The zero-order chi connectivity index (χ0) is 15.1. The molecule has 0 spiro atoms. The van der Waals surface area contributed by atoms with E-state index >= 15 is 0 Å². The summed E-state index contributed by atoms with van der Waals surface area (Å²) < 4.78 is 46.2. The number of rotatable bonds is 8. The summed E-state index contributed by atoms with van der Waals surface area (Å²) in [6.45, 7) is 4.85. The Balaban J connectivity index is 4.39. The Morgan fingerprint density at radius 2 is 1.95 bits per heavy atom. The summed E-state index contributed by atoms with van der Waals surface area (Å²) >= 11 is 0. The highest BCUT2D eigenvalue weighted by Crippen LogP contribution is 2.23. The second kappa shape index (κ2) is 7.69. The van der Waals surface area contributed by atoms with Gasteiger partial charge in [-0.3, -0.25) is 4.79 Å². The van der Waals surface area contributed by atoms with Crippen LogP contribution in [0.5, 0.6) is 0 Å². The Hall–Kier alpha value is -0.820. The Morgan fingerprint density at radius 1 is 1.37 bits per heavy atom. The lowest BCUT2D eigenvalue weighted by atomic mass is 9.98. The van der Waals surface area contributed by atoms with Gasteiger partial charge in [0.05, 0.1) is 7.11 Å². The first-order chi connectivity index (χ1) is 8.67. The summed E-state index contributed by atoms with van der Waals surface area (Å²) in [6.07, 6.45) is -5.33. The van der Waals surface area contributed by atoms with Gasteiger partial charge in [0.2, 0.25) is 0 Å². The van der Waals surface area contributed by atoms with E-state index in [0.29, 0.717) is 6.54 Å². The van der Waals surface area contributed by atoms with Crippen LogP contribution in [0.4, 0.5) is 13.2 Å². The molecule has 0 aliphatic carbocycles. The SMILES string of the molecule is CCCNC(C)(CCOC(C)C(F)(F)F)C(=O)OC. The van der Waals surface area contributed by atoms with Gasteiger partial charge in [-0.2, -0.15) is 13.2 Å². The normalized spacial score (nSPS) is 16.8. The zero-order valence-corrected chi connectivity index (χ0v) is 11.8. The quantitative estimate of drug-likeness (QED) is 0.695. The molecule has 0 heterocycles. The third-order valence-corrected chi connectivity index (χ3v) is 2.83. The monoisotopic (exact) mass is 285 g/mol. The average molecular weight is 285 g/mol. The smallest absolute Gasteiger partial charge is 0.414 e. The maximum absolute atomic E-state index is 12.3. The van der Waals surface area contributed by atoms with Crippen LogP contribution >= 0.6 is 0 Å². The molecule has 114 valence electrons. The van der Waals surface area contributed by atoms with Gasteiger partial charge in [0.15, 0.2) is 6.10 Å². The lowest BCUT2D eigenvalue weighted by Gasteiger charge is -2.28. The highest BCUT2D eigenvalue weighted by atomic mass is 19.4. The number of carbonyl (C=O) groups is 1. The van der Waals surface area contributed by atoms with Crippen molar-refractivity contribution in [3.05, 3.63) is 0 Å². The molecular weight excluding hydrogens is 263 g/mol. The van der Waals surface area contributed by atoms with Crippen molar-refractivity contribution in [2.75, 3.05) is 20.3 Å². The van der Waals surface area contributed by atoms with Crippen LogP contribution < -0.4 is 5.32 Å². The van der Waals surface area contributed by atoms with E-state index in [0.717, 1.165) is 13.3 Å². The van der Waals surface area contributed by atoms with E-state index in [4.69, 9.17) is 4.74 Å². The van der Waals surface area contributed by atoms with Crippen molar-refractivity contribution in [3.63, 3.8) is 0 Å². The van der Waals surface area contributed by atoms with Crippen molar-refractivity contribution < 1.29 is 27.4 Å². The first-order valence-electron chi connectivity index (χ1n) is 6.19. The number of alkyl halides is 3. The van der Waals surface area contributed by atoms with Gasteiger partial charge in [-0.05, 0) is 33.2 Å². The maximum atomic E-state index is 12.3. The van der Waals surface area contributed by atoms with E-state index in [2.05, 4.69) is 10.1 Å². The molecule has 0 aromatic heterocycles. The summed E-state index contributed by atoms with van der Waals surface area (Å²) in [5, 5.41) is 2.97. The zero-order valence-electron chi connectivity index (χ0n) is 11.8. The van der Waals surface area contributed by atoms with E-state index in [1.165, 1.54) is 7.11 Å². The lowest BCUT2D eigenvalue weighted by molar-refractivity contribution is -0.215. The fourth-order valence-corrected chi connectivity index (χ4v) is 1.42. The fourth-order valence-electron chi connectivity index (χ4n) is 1.42. The molecule has 0 fully saturated rings.